The van der Waals surface area contributed by atoms with E-state index in [0.29, 0.717) is 6.07 Å². The number of rotatable bonds is 6. The molecule has 0 aromatic heterocycles. The second-order valence-corrected chi connectivity index (χ2v) is 7.27. The Bertz CT molecular complexity index is 894. The minimum atomic E-state index is -3.99. The molecule has 0 bridgehead atoms. The highest BCUT2D eigenvalue weighted by atomic mass is 35.5. The van der Waals surface area contributed by atoms with Crippen molar-refractivity contribution in [1.29, 1.82) is 0 Å². The van der Waals surface area contributed by atoms with Crippen LogP contribution in [0.2, 0.25) is 0 Å². The summed E-state index contributed by atoms with van der Waals surface area (Å²) in [5.74, 6) is -1.88. The van der Waals surface area contributed by atoms with Crippen molar-refractivity contribution in [2.45, 2.75) is 31.1 Å². The fourth-order valence-electron chi connectivity index (χ4n) is 2.56. The Labute approximate surface area is 155 Å². The maximum absolute atomic E-state index is 13.7. The van der Waals surface area contributed by atoms with Crippen LogP contribution in [0, 0.1) is 5.82 Å². The van der Waals surface area contributed by atoms with Crippen molar-refractivity contribution in [2.24, 2.45) is 0 Å². The first-order chi connectivity index (χ1) is 11.8. The Morgan fingerprint density at radius 1 is 1.12 bits per heavy atom. The molecular formula is C16H16ClF3N2O3S. The first kappa shape index (κ1) is 20.5. The number of fused-ring (bicyclic) bond motifs is 1. The Morgan fingerprint density at radius 3 is 2.54 bits per heavy atom. The molecule has 0 spiro atoms. The number of alkyl halides is 2. The van der Waals surface area contributed by atoms with E-state index in [1.165, 1.54) is 5.56 Å². The molecule has 0 aliphatic carbocycles. The highest BCUT2D eigenvalue weighted by molar-refractivity contribution is 7.89. The van der Waals surface area contributed by atoms with Crippen LogP contribution in [-0.4, -0.2) is 15.0 Å². The lowest BCUT2D eigenvalue weighted by molar-refractivity contribution is -0.0522. The van der Waals surface area contributed by atoms with Gasteiger partial charge in [-0.05, 0) is 34.9 Å². The topological polar surface area (TPSA) is 67.4 Å². The zero-order valence-corrected chi connectivity index (χ0v) is 15.0. The average molecular weight is 409 g/mol. The van der Waals surface area contributed by atoms with E-state index in [4.69, 9.17) is 0 Å². The monoisotopic (exact) mass is 408 g/mol. The molecule has 1 aliphatic heterocycles. The van der Waals surface area contributed by atoms with Crippen LogP contribution in [0.1, 0.15) is 16.7 Å². The van der Waals surface area contributed by atoms with Gasteiger partial charge in [0.15, 0.2) is 11.6 Å². The highest BCUT2D eigenvalue weighted by Gasteiger charge is 2.18. The van der Waals surface area contributed by atoms with E-state index in [9.17, 15) is 21.6 Å². The summed E-state index contributed by atoms with van der Waals surface area (Å²) in [6, 6.07) is 8.15. The van der Waals surface area contributed by atoms with Crippen LogP contribution in [0.3, 0.4) is 0 Å². The molecule has 0 fully saturated rings. The van der Waals surface area contributed by atoms with Crippen molar-refractivity contribution < 1.29 is 26.3 Å². The Morgan fingerprint density at radius 2 is 1.85 bits per heavy atom. The zero-order chi connectivity index (χ0) is 18.0. The lowest BCUT2D eigenvalue weighted by Gasteiger charge is -2.10. The van der Waals surface area contributed by atoms with Gasteiger partial charge in [-0.2, -0.15) is 8.78 Å². The van der Waals surface area contributed by atoms with Gasteiger partial charge in [0.25, 0.3) is 0 Å². The first-order valence-corrected chi connectivity index (χ1v) is 8.89. The molecule has 2 aromatic rings. The van der Waals surface area contributed by atoms with Crippen molar-refractivity contribution in [1.82, 2.24) is 10.0 Å². The second kappa shape index (κ2) is 8.26. The van der Waals surface area contributed by atoms with E-state index in [1.807, 2.05) is 18.2 Å². The van der Waals surface area contributed by atoms with Gasteiger partial charge in [-0.1, -0.05) is 18.2 Å². The van der Waals surface area contributed by atoms with Crippen molar-refractivity contribution in [2.75, 3.05) is 0 Å². The Kier molecular flexibility index (Phi) is 6.51. The number of halogens is 4. The molecule has 0 amide bonds. The summed E-state index contributed by atoms with van der Waals surface area (Å²) < 4.78 is 68.7. The number of nitrogens with one attached hydrogen (secondary N) is 2. The van der Waals surface area contributed by atoms with Gasteiger partial charge in [0.05, 0.1) is 4.90 Å². The van der Waals surface area contributed by atoms with Crippen LogP contribution >= 0.6 is 12.4 Å². The molecule has 0 unspecified atom stereocenters. The summed E-state index contributed by atoms with van der Waals surface area (Å²) in [5, 5.41) is 3.19. The number of hydrogen-bond donors (Lipinski definition) is 2. The molecule has 142 valence electrons. The van der Waals surface area contributed by atoms with Gasteiger partial charge in [0.1, 0.15) is 0 Å². The van der Waals surface area contributed by atoms with Gasteiger partial charge >= 0.3 is 6.61 Å². The van der Waals surface area contributed by atoms with Crippen LogP contribution in [-0.2, 0) is 29.7 Å². The zero-order valence-electron chi connectivity index (χ0n) is 13.3. The molecule has 3 rings (SSSR count). The van der Waals surface area contributed by atoms with E-state index < -0.39 is 28.2 Å². The lowest BCUT2D eigenvalue weighted by atomic mass is 10.1. The third-order valence-corrected chi connectivity index (χ3v) is 5.20. The van der Waals surface area contributed by atoms with Gasteiger partial charge in [-0.3, -0.25) is 0 Å². The smallest absolute Gasteiger partial charge is 0.387 e. The van der Waals surface area contributed by atoms with Crippen LogP contribution in [0.15, 0.2) is 41.3 Å². The highest BCUT2D eigenvalue weighted by Crippen LogP contribution is 2.23. The maximum atomic E-state index is 13.7. The van der Waals surface area contributed by atoms with Gasteiger partial charge in [-0.25, -0.2) is 17.5 Å². The van der Waals surface area contributed by atoms with Gasteiger partial charge in [0.2, 0.25) is 10.0 Å². The van der Waals surface area contributed by atoms with Crippen LogP contribution in [0.25, 0.3) is 0 Å². The minimum absolute atomic E-state index is 0. The summed E-state index contributed by atoms with van der Waals surface area (Å²) in [7, 11) is -3.99. The molecule has 1 heterocycles. The molecular weight excluding hydrogens is 393 g/mol. The third kappa shape index (κ3) is 4.67. The largest absolute Gasteiger partial charge is 0.432 e. The Balaban J connectivity index is 0.00000243. The molecule has 2 N–H and O–H groups in total. The standard InChI is InChI=1S/C16H15F3N2O3S.ClH/c17-14-6-13(3-4-15(14)24-16(18)19)25(22,23)21-7-10-1-2-11-8-20-9-12(11)5-10;/h1-6,16,20-21H,7-9H2;1H. The fraction of sp³-hybridized carbons (Fsp3) is 0.250. The predicted molar refractivity (Wildman–Crippen MR) is 91.3 cm³/mol. The quantitative estimate of drug-likeness (QED) is 0.771. The van der Waals surface area contributed by atoms with Crippen LogP contribution in [0.4, 0.5) is 13.2 Å². The van der Waals surface area contributed by atoms with Gasteiger partial charge in [0, 0.05) is 19.6 Å². The van der Waals surface area contributed by atoms with Crippen molar-refractivity contribution >= 4 is 22.4 Å². The fourth-order valence-corrected chi connectivity index (χ4v) is 3.59. The molecule has 5 nitrogen and oxygen atoms in total. The number of benzene rings is 2. The Hall–Kier alpha value is -1.81. The van der Waals surface area contributed by atoms with Crippen molar-refractivity contribution in [3.8, 4) is 5.75 Å². The van der Waals surface area contributed by atoms with E-state index >= 15 is 0 Å². The molecule has 0 radical (unpaired) electrons. The van der Waals surface area contributed by atoms with Crippen LogP contribution in [0.5, 0.6) is 5.75 Å². The third-order valence-electron chi connectivity index (χ3n) is 3.80. The van der Waals surface area contributed by atoms with E-state index in [1.54, 1.807) is 0 Å². The average Bonchev–Trinajstić information content (AvgIpc) is 3.02. The predicted octanol–water partition coefficient (Wildman–Crippen LogP) is 2.93. The van der Waals surface area contributed by atoms with Crippen molar-refractivity contribution in [3.63, 3.8) is 0 Å². The number of ether oxygens (including phenoxy) is 1. The summed E-state index contributed by atoms with van der Waals surface area (Å²) in [6.07, 6.45) is 0. The van der Waals surface area contributed by atoms with E-state index in [-0.39, 0.29) is 23.8 Å². The molecule has 10 heteroatoms. The summed E-state index contributed by atoms with van der Waals surface area (Å²) in [5.41, 5.74) is 3.05. The lowest BCUT2D eigenvalue weighted by Crippen LogP contribution is -2.23. The molecule has 0 saturated heterocycles. The normalized spacial score (nSPS) is 13.4. The van der Waals surface area contributed by atoms with Crippen molar-refractivity contribution in [3.05, 3.63) is 58.9 Å². The van der Waals surface area contributed by atoms with Gasteiger partial charge in [-0.15, -0.1) is 12.4 Å². The van der Waals surface area contributed by atoms with E-state index in [0.717, 1.165) is 36.3 Å². The second-order valence-electron chi connectivity index (χ2n) is 5.50. The number of sulfonamides is 1. The SMILES string of the molecule is Cl.O=S(=O)(NCc1ccc2c(c1)CNC2)c1ccc(OC(F)F)c(F)c1. The molecule has 1 aliphatic rings. The number of hydrogen-bond acceptors (Lipinski definition) is 4. The molecule has 0 saturated carbocycles. The molecule has 0 atom stereocenters. The summed E-state index contributed by atoms with van der Waals surface area (Å²) >= 11 is 0. The summed E-state index contributed by atoms with van der Waals surface area (Å²) in [4.78, 5) is -0.366. The van der Waals surface area contributed by atoms with E-state index in [2.05, 4.69) is 14.8 Å². The first-order valence-electron chi connectivity index (χ1n) is 7.40. The maximum Gasteiger partial charge on any atom is 0.387 e. The summed E-state index contributed by atoms with van der Waals surface area (Å²) in [6.45, 7) is -1.64. The molecule has 26 heavy (non-hydrogen) atoms. The molecule has 2 aromatic carbocycles. The van der Waals surface area contributed by atoms with Crippen LogP contribution < -0.4 is 14.8 Å². The van der Waals surface area contributed by atoms with Gasteiger partial charge < -0.3 is 10.1 Å². The minimum Gasteiger partial charge on any atom is -0.432 e.